The fourth-order valence-corrected chi connectivity index (χ4v) is 2.03. The van der Waals surface area contributed by atoms with E-state index in [4.69, 9.17) is 15.2 Å². The van der Waals surface area contributed by atoms with Gasteiger partial charge in [0.15, 0.2) is 11.9 Å². The van der Waals surface area contributed by atoms with E-state index in [9.17, 15) is 9.59 Å². The second kappa shape index (κ2) is 6.72. The molecule has 0 spiro atoms. The first-order chi connectivity index (χ1) is 9.02. The minimum Gasteiger partial charge on any atom is -0.478 e. The van der Waals surface area contributed by atoms with Crippen LogP contribution in [0, 0.1) is 0 Å². The van der Waals surface area contributed by atoms with E-state index < -0.39 is 12.1 Å². The number of carbonyl (C=O) groups is 2. The molecule has 2 N–H and O–H groups in total. The first kappa shape index (κ1) is 16.5. The third-order valence-electron chi connectivity index (χ3n) is 2.98. The van der Waals surface area contributed by atoms with Crippen molar-refractivity contribution in [1.29, 1.82) is 0 Å². The Bertz CT molecular complexity index is 516. The molecule has 0 aromatic heterocycles. The van der Waals surface area contributed by atoms with Crippen molar-refractivity contribution in [1.82, 2.24) is 0 Å². The average Bonchev–Trinajstić information content (AvgIpc) is 2.80. The highest BCUT2D eigenvalue weighted by Gasteiger charge is 2.30. The number of halogens is 1. The number of rotatable bonds is 4. The molecule has 0 radical (unpaired) electrons. The number of hydrogen-bond acceptors (Lipinski definition) is 5. The fourth-order valence-electron chi connectivity index (χ4n) is 2.03. The molecular weight excluding hydrogens is 282 g/mol. The van der Waals surface area contributed by atoms with Gasteiger partial charge in [0.1, 0.15) is 5.75 Å². The first-order valence-electron chi connectivity index (χ1n) is 6.29. The molecule has 110 valence electrons. The van der Waals surface area contributed by atoms with Crippen LogP contribution in [-0.2, 0) is 16.0 Å². The lowest BCUT2D eigenvalue weighted by Crippen LogP contribution is -2.27. The largest absolute Gasteiger partial charge is 0.478 e. The highest BCUT2D eigenvalue weighted by atomic mass is 35.5. The van der Waals surface area contributed by atoms with Crippen molar-refractivity contribution in [3.05, 3.63) is 29.3 Å². The minimum absolute atomic E-state index is 0. The highest BCUT2D eigenvalue weighted by Crippen LogP contribution is 2.30. The van der Waals surface area contributed by atoms with Crippen molar-refractivity contribution in [3.63, 3.8) is 0 Å². The summed E-state index contributed by atoms with van der Waals surface area (Å²) in [5.74, 6) is 0.125. The van der Waals surface area contributed by atoms with Crippen molar-refractivity contribution < 1.29 is 19.1 Å². The van der Waals surface area contributed by atoms with E-state index in [0.29, 0.717) is 24.3 Å². The summed E-state index contributed by atoms with van der Waals surface area (Å²) >= 11 is 0. The molecule has 5 nitrogen and oxygen atoms in total. The van der Waals surface area contributed by atoms with Gasteiger partial charge in [-0.15, -0.1) is 12.4 Å². The van der Waals surface area contributed by atoms with Crippen molar-refractivity contribution in [2.45, 2.75) is 32.4 Å². The summed E-state index contributed by atoms with van der Waals surface area (Å²) in [5.41, 5.74) is 6.95. The van der Waals surface area contributed by atoms with Crippen LogP contribution >= 0.6 is 12.4 Å². The van der Waals surface area contributed by atoms with Gasteiger partial charge in [0.05, 0.1) is 12.6 Å². The Kier molecular flexibility index (Phi) is 5.53. The minimum atomic E-state index is -0.615. The van der Waals surface area contributed by atoms with Gasteiger partial charge in [-0.2, -0.15) is 0 Å². The number of ketones is 1. The molecule has 0 amide bonds. The molecule has 1 aromatic carbocycles. The van der Waals surface area contributed by atoms with Gasteiger partial charge >= 0.3 is 5.97 Å². The summed E-state index contributed by atoms with van der Waals surface area (Å²) < 4.78 is 10.4. The molecule has 1 heterocycles. The Morgan fingerprint density at radius 2 is 2.20 bits per heavy atom. The van der Waals surface area contributed by atoms with E-state index >= 15 is 0 Å². The summed E-state index contributed by atoms with van der Waals surface area (Å²) in [6, 6.07) is 4.56. The molecule has 0 bridgehead atoms. The lowest BCUT2D eigenvalue weighted by molar-refractivity contribution is -0.150. The van der Waals surface area contributed by atoms with Crippen molar-refractivity contribution in [3.8, 4) is 5.75 Å². The van der Waals surface area contributed by atoms with Crippen LogP contribution in [0.3, 0.4) is 0 Å². The SMILES string of the molecule is CCOC(=O)C1Cc2cc(C(=O)C(C)N)ccc2O1.Cl. The van der Waals surface area contributed by atoms with Crippen molar-refractivity contribution >= 4 is 24.2 Å². The molecule has 2 unspecified atom stereocenters. The predicted octanol–water partition coefficient (Wildman–Crippen LogP) is 1.50. The normalized spacial score (nSPS) is 17.4. The lowest BCUT2D eigenvalue weighted by atomic mass is 10.0. The fraction of sp³-hybridized carbons (Fsp3) is 0.429. The first-order valence-corrected chi connectivity index (χ1v) is 6.29. The van der Waals surface area contributed by atoms with E-state index in [1.807, 2.05) is 0 Å². The van der Waals surface area contributed by atoms with Gasteiger partial charge in [-0.1, -0.05) is 0 Å². The third-order valence-corrected chi connectivity index (χ3v) is 2.98. The van der Waals surface area contributed by atoms with E-state index in [-0.39, 0.29) is 24.2 Å². The second-order valence-corrected chi connectivity index (χ2v) is 4.54. The Hall–Kier alpha value is -1.59. The van der Waals surface area contributed by atoms with Crippen LogP contribution in [0.15, 0.2) is 18.2 Å². The molecule has 1 aliphatic heterocycles. The Balaban J connectivity index is 0.00000200. The predicted molar refractivity (Wildman–Crippen MR) is 76.4 cm³/mol. The topological polar surface area (TPSA) is 78.6 Å². The summed E-state index contributed by atoms with van der Waals surface area (Å²) in [6.45, 7) is 3.72. The zero-order chi connectivity index (χ0) is 14.0. The molecular formula is C14H18ClNO4. The van der Waals surface area contributed by atoms with Crippen LogP contribution in [0.4, 0.5) is 0 Å². The quantitative estimate of drug-likeness (QED) is 0.673. The van der Waals surface area contributed by atoms with Crippen molar-refractivity contribution in [2.75, 3.05) is 6.61 Å². The van der Waals surface area contributed by atoms with Gasteiger partial charge in [-0.05, 0) is 37.6 Å². The lowest BCUT2D eigenvalue weighted by Gasteiger charge is -2.08. The van der Waals surface area contributed by atoms with E-state index in [1.165, 1.54) is 0 Å². The average molecular weight is 300 g/mol. The Morgan fingerprint density at radius 1 is 1.50 bits per heavy atom. The number of nitrogens with two attached hydrogens (primary N) is 1. The maximum absolute atomic E-state index is 11.8. The van der Waals surface area contributed by atoms with E-state index in [2.05, 4.69) is 0 Å². The molecule has 2 rings (SSSR count). The maximum atomic E-state index is 11.8. The van der Waals surface area contributed by atoms with E-state index in [0.717, 1.165) is 5.56 Å². The van der Waals surface area contributed by atoms with Crippen LogP contribution in [0.2, 0.25) is 0 Å². The van der Waals surface area contributed by atoms with Gasteiger partial charge in [-0.25, -0.2) is 4.79 Å². The molecule has 6 heteroatoms. The van der Waals surface area contributed by atoms with Crippen LogP contribution in [0.1, 0.15) is 29.8 Å². The number of benzene rings is 1. The number of ether oxygens (including phenoxy) is 2. The van der Waals surface area contributed by atoms with Crippen LogP contribution in [0.25, 0.3) is 0 Å². The van der Waals surface area contributed by atoms with Crippen LogP contribution < -0.4 is 10.5 Å². The summed E-state index contributed by atoms with van der Waals surface area (Å²) in [5, 5.41) is 0. The summed E-state index contributed by atoms with van der Waals surface area (Å²) in [7, 11) is 0. The molecule has 2 atom stereocenters. The highest BCUT2D eigenvalue weighted by molar-refractivity contribution is 6.00. The summed E-state index contributed by atoms with van der Waals surface area (Å²) in [6.07, 6.45) is -0.190. The molecule has 0 saturated heterocycles. The Morgan fingerprint density at radius 3 is 2.80 bits per heavy atom. The number of carbonyl (C=O) groups excluding carboxylic acids is 2. The number of fused-ring (bicyclic) bond motifs is 1. The third kappa shape index (κ3) is 3.29. The number of esters is 1. The maximum Gasteiger partial charge on any atom is 0.347 e. The molecule has 1 aromatic rings. The standard InChI is InChI=1S/C14H17NO4.ClH/c1-3-18-14(17)12-7-10-6-9(13(16)8(2)15)4-5-11(10)19-12;/h4-6,8,12H,3,7,15H2,1-2H3;1H. The van der Waals surface area contributed by atoms with Crippen LogP contribution in [0.5, 0.6) is 5.75 Å². The number of Topliss-reactive ketones (excluding diaryl/α,β-unsaturated/α-hetero) is 1. The zero-order valence-electron chi connectivity index (χ0n) is 11.4. The van der Waals surface area contributed by atoms with Crippen LogP contribution in [-0.4, -0.2) is 30.5 Å². The molecule has 0 saturated carbocycles. The van der Waals surface area contributed by atoms with Gasteiger partial charge in [0, 0.05) is 12.0 Å². The number of hydrogen-bond donors (Lipinski definition) is 1. The van der Waals surface area contributed by atoms with Gasteiger partial charge in [-0.3, -0.25) is 4.79 Å². The zero-order valence-corrected chi connectivity index (χ0v) is 12.2. The Labute approximate surface area is 123 Å². The molecule has 0 fully saturated rings. The molecule has 0 aliphatic carbocycles. The molecule has 20 heavy (non-hydrogen) atoms. The van der Waals surface area contributed by atoms with Gasteiger partial charge < -0.3 is 15.2 Å². The van der Waals surface area contributed by atoms with Gasteiger partial charge in [0.25, 0.3) is 0 Å². The smallest absolute Gasteiger partial charge is 0.347 e. The van der Waals surface area contributed by atoms with Crippen molar-refractivity contribution in [2.24, 2.45) is 5.73 Å². The summed E-state index contributed by atoms with van der Waals surface area (Å²) in [4.78, 5) is 23.4. The monoisotopic (exact) mass is 299 g/mol. The molecule has 1 aliphatic rings. The van der Waals surface area contributed by atoms with Gasteiger partial charge in [0.2, 0.25) is 0 Å². The second-order valence-electron chi connectivity index (χ2n) is 4.54. The van der Waals surface area contributed by atoms with E-state index in [1.54, 1.807) is 32.0 Å².